The number of amides is 1. The van der Waals surface area contributed by atoms with Crippen LogP contribution in [0.5, 0.6) is 0 Å². The number of aryl methyl sites for hydroxylation is 3. The number of anilines is 1. The molecule has 144 valence electrons. The maximum absolute atomic E-state index is 12.9. The van der Waals surface area contributed by atoms with Crippen molar-refractivity contribution in [2.45, 2.75) is 25.7 Å². The van der Waals surface area contributed by atoms with E-state index in [4.69, 9.17) is 0 Å². The number of hydrogen-bond acceptors (Lipinski definition) is 5. The summed E-state index contributed by atoms with van der Waals surface area (Å²) < 4.78 is 32.8. The Kier molecular flexibility index (Phi) is 6.22. The van der Waals surface area contributed by atoms with E-state index in [0.717, 1.165) is 5.56 Å². The first-order valence-electron chi connectivity index (χ1n) is 8.20. The van der Waals surface area contributed by atoms with E-state index in [1.54, 1.807) is 38.1 Å². The molecule has 2 aromatic rings. The molecule has 7 nitrogen and oxygen atoms in total. The number of esters is 1. The summed E-state index contributed by atoms with van der Waals surface area (Å²) in [6.07, 6.45) is 0. The van der Waals surface area contributed by atoms with Gasteiger partial charge in [-0.15, -0.1) is 0 Å². The van der Waals surface area contributed by atoms with E-state index in [2.05, 4.69) is 14.8 Å². The Morgan fingerprint density at radius 1 is 1.04 bits per heavy atom. The molecule has 0 aliphatic carbocycles. The molecule has 0 unspecified atom stereocenters. The summed E-state index contributed by atoms with van der Waals surface area (Å²) in [4.78, 5) is 23.7. The van der Waals surface area contributed by atoms with Crippen LogP contribution >= 0.6 is 0 Å². The second-order valence-electron chi connectivity index (χ2n) is 6.14. The second-order valence-corrected chi connectivity index (χ2v) is 7.76. The summed E-state index contributed by atoms with van der Waals surface area (Å²) in [7, 11) is -2.69. The molecular weight excluding hydrogens is 368 g/mol. The van der Waals surface area contributed by atoms with Crippen LogP contribution in [0.25, 0.3) is 0 Å². The maximum atomic E-state index is 12.9. The monoisotopic (exact) mass is 390 g/mol. The van der Waals surface area contributed by atoms with E-state index in [1.165, 1.54) is 19.2 Å². The van der Waals surface area contributed by atoms with Crippen molar-refractivity contribution < 1.29 is 22.7 Å². The molecule has 0 bridgehead atoms. The highest BCUT2D eigenvalue weighted by molar-refractivity contribution is 7.92. The topological polar surface area (TPSA) is 102 Å². The van der Waals surface area contributed by atoms with E-state index in [1.807, 2.05) is 6.92 Å². The third-order valence-electron chi connectivity index (χ3n) is 3.91. The van der Waals surface area contributed by atoms with E-state index in [9.17, 15) is 18.0 Å². The lowest BCUT2D eigenvalue weighted by atomic mass is 10.1. The molecule has 0 aliphatic rings. The molecule has 27 heavy (non-hydrogen) atoms. The quantitative estimate of drug-likeness (QED) is 0.737. The lowest BCUT2D eigenvalue weighted by Gasteiger charge is -2.16. The molecule has 0 saturated carbocycles. The van der Waals surface area contributed by atoms with Crippen LogP contribution in [-0.2, 0) is 19.6 Å². The summed E-state index contributed by atoms with van der Waals surface area (Å²) in [5, 5.41) is 2.40. The SMILES string of the molecule is COC(=O)CNC(=O)c1ccccc1NS(=O)(=O)c1c(C)cc(C)cc1C. The van der Waals surface area contributed by atoms with Gasteiger partial charge in [0.1, 0.15) is 6.54 Å². The third-order valence-corrected chi connectivity index (χ3v) is 5.58. The van der Waals surface area contributed by atoms with Crippen molar-refractivity contribution in [2.24, 2.45) is 0 Å². The van der Waals surface area contributed by atoms with E-state index in [0.29, 0.717) is 11.1 Å². The molecule has 0 spiro atoms. The normalized spacial score (nSPS) is 11.0. The van der Waals surface area contributed by atoms with Crippen LogP contribution in [0, 0.1) is 20.8 Å². The molecule has 0 aromatic heterocycles. The smallest absolute Gasteiger partial charge is 0.325 e. The molecule has 0 heterocycles. The predicted molar refractivity (Wildman–Crippen MR) is 102 cm³/mol. The summed E-state index contributed by atoms with van der Waals surface area (Å²) in [6, 6.07) is 9.76. The maximum Gasteiger partial charge on any atom is 0.325 e. The fourth-order valence-corrected chi connectivity index (χ4v) is 4.41. The molecule has 0 radical (unpaired) electrons. The van der Waals surface area contributed by atoms with Gasteiger partial charge in [0.25, 0.3) is 15.9 Å². The largest absolute Gasteiger partial charge is 0.468 e. The zero-order chi connectivity index (χ0) is 20.2. The first-order chi connectivity index (χ1) is 12.7. The average Bonchev–Trinajstić information content (AvgIpc) is 2.58. The van der Waals surface area contributed by atoms with Crippen LogP contribution in [-0.4, -0.2) is 33.9 Å². The number of ether oxygens (including phenoxy) is 1. The van der Waals surface area contributed by atoms with Gasteiger partial charge in [-0.3, -0.25) is 14.3 Å². The van der Waals surface area contributed by atoms with Gasteiger partial charge in [-0.2, -0.15) is 0 Å². The lowest BCUT2D eigenvalue weighted by molar-refractivity contribution is -0.139. The number of sulfonamides is 1. The minimum absolute atomic E-state index is 0.104. The summed E-state index contributed by atoms with van der Waals surface area (Å²) in [5.41, 5.74) is 2.43. The minimum atomic E-state index is -3.91. The van der Waals surface area contributed by atoms with Crippen molar-refractivity contribution in [1.82, 2.24) is 5.32 Å². The van der Waals surface area contributed by atoms with Crippen molar-refractivity contribution in [3.05, 3.63) is 58.7 Å². The first kappa shape index (κ1) is 20.4. The fourth-order valence-electron chi connectivity index (χ4n) is 2.88. The van der Waals surface area contributed by atoms with E-state index >= 15 is 0 Å². The zero-order valence-corrected chi connectivity index (χ0v) is 16.4. The van der Waals surface area contributed by atoms with Gasteiger partial charge >= 0.3 is 5.97 Å². The van der Waals surface area contributed by atoms with Gasteiger partial charge in [-0.25, -0.2) is 8.42 Å². The molecule has 0 saturated heterocycles. The molecule has 0 atom stereocenters. The number of para-hydroxylation sites is 1. The van der Waals surface area contributed by atoms with E-state index < -0.39 is 21.9 Å². The molecule has 1 amide bonds. The standard InChI is InChI=1S/C19H22N2O5S/c1-12-9-13(2)18(14(3)10-12)27(24,25)21-16-8-6-5-7-15(16)19(23)20-11-17(22)26-4/h5-10,21H,11H2,1-4H3,(H,20,23). The van der Waals surface area contributed by atoms with Crippen LogP contribution in [0.4, 0.5) is 5.69 Å². The predicted octanol–water partition coefficient (Wildman–Crippen LogP) is 2.32. The van der Waals surface area contributed by atoms with Crippen LogP contribution in [0.3, 0.4) is 0 Å². The lowest BCUT2D eigenvalue weighted by Crippen LogP contribution is -2.31. The fraction of sp³-hybridized carbons (Fsp3) is 0.263. The highest BCUT2D eigenvalue weighted by Gasteiger charge is 2.22. The van der Waals surface area contributed by atoms with Gasteiger partial charge in [0.2, 0.25) is 0 Å². The molecule has 2 N–H and O–H groups in total. The molecule has 0 fully saturated rings. The summed E-state index contributed by atoms with van der Waals surface area (Å²) >= 11 is 0. The number of nitrogens with one attached hydrogen (secondary N) is 2. The average molecular weight is 390 g/mol. The van der Waals surface area contributed by atoms with Gasteiger partial charge in [0.05, 0.1) is 23.3 Å². The van der Waals surface area contributed by atoms with Crippen molar-refractivity contribution in [2.75, 3.05) is 18.4 Å². The van der Waals surface area contributed by atoms with Crippen LogP contribution < -0.4 is 10.0 Å². The minimum Gasteiger partial charge on any atom is -0.468 e. The third kappa shape index (κ3) is 4.85. The Morgan fingerprint density at radius 2 is 1.63 bits per heavy atom. The van der Waals surface area contributed by atoms with E-state index in [-0.39, 0.29) is 22.7 Å². The number of carbonyl (C=O) groups excluding carboxylic acids is 2. The van der Waals surface area contributed by atoms with Crippen LogP contribution in [0.15, 0.2) is 41.3 Å². The highest BCUT2D eigenvalue weighted by atomic mass is 32.2. The van der Waals surface area contributed by atoms with Gasteiger partial charge in [-0.05, 0) is 44.0 Å². The summed E-state index contributed by atoms with van der Waals surface area (Å²) in [6.45, 7) is 5.03. The van der Waals surface area contributed by atoms with Crippen molar-refractivity contribution in [1.29, 1.82) is 0 Å². The van der Waals surface area contributed by atoms with Gasteiger partial charge in [-0.1, -0.05) is 29.8 Å². The summed E-state index contributed by atoms with van der Waals surface area (Å²) in [5.74, 6) is -1.19. The molecule has 0 aliphatic heterocycles. The van der Waals surface area contributed by atoms with Crippen LogP contribution in [0.1, 0.15) is 27.0 Å². The number of carbonyl (C=O) groups is 2. The highest BCUT2D eigenvalue weighted by Crippen LogP contribution is 2.25. The molecule has 2 aromatic carbocycles. The van der Waals surface area contributed by atoms with Gasteiger partial charge < -0.3 is 10.1 Å². The van der Waals surface area contributed by atoms with Crippen molar-refractivity contribution >= 4 is 27.6 Å². The Hall–Kier alpha value is -2.87. The second kappa shape index (κ2) is 8.22. The zero-order valence-electron chi connectivity index (χ0n) is 15.6. The molecule has 2 rings (SSSR count). The van der Waals surface area contributed by atoms with Crippen molar-refractivity contribution in [3.63, 3.8) is 0 Å². The van der Waals surface area contributed by atoms with Crippen LogP contribution in [0.2, 0.25) is 0 Å². The Bertz CT molecular complexity index is 960. The van der Waals surface area contributed by atoms with Gasteiger partial charge in [0.15, 0.2) is 0 Å². The molecular formula is C19H22N2O5S. The van der Waals surface area contributed by atoms with Gasteiger partial charge in [0, 0.05) is 0 Å². The first-order valence-corrected chi connectivity index (χ1v) is 9.68. The number of methoxy groups -OCH3 is 1. The number of hydrogen-bond donors (Lipinski definition) is 2. The van der Waals surface area contributed by atoms with Crippen molar-refractivity contribution in [3.8, 4) is 0 Å². The Morgan fingerprint density at radius 3 is 2.22 bits per heavy atom. The Balaban J connectivity index is 2.35. The number of benzene rings is 2. The number of rotatable bonds is 6. The Labute approximate surface area is 158 Å². The molecule has 8 heteroatoms.